The summed E-state index contributed by atoms with van der Waals surface area (Å²) in [6.07, 6.45) is 16.0. The molecular formula is C27H39N2PSi2Ti-2. The maximum atomic E-state index is 5.48. The van der Waals surface area contributed by atoms with E-state index in [2.05, 4.69) is 99.9 Å². The van der Waals surface area contributed by atoms with Crippen LogP contribution < -0.4 is 10.6 Å². The molecule has 0 atom stereocenters. The standard InChI is InChI=1S/C18H28N2PSi2.C8H8.CH3.Ti/c1-22(2,3)19-21(20-23(4,5)6,17-13-9-7-10-14-17)18-15-11-8-12-16-18;1-2-4-6-8-7-5-3-1;;/h7-16H,1-6H3;1-8H;1H3;/q-1;;-1;. The first-order valence-corrected chi connectivity index (χ1v) is 19.4. The molecule has 0 amide bonds. The third kappa shape index (κ3) is 11.6. The molecule has 33 heavy (non-hydrogen) atoms. The van der Waals surface area contributed by atoms with E-state index in [1.807, 2.05) is 48.6 Å². The molecule has 0 saturated heterocycles. The van der Waals surface area contributed by atoms with Gasteiger partial charge in [0.15, 0.2) is 8.24 Å². The number of hydrogen-bond donors (Lipinski definition) is 0. The summed E-state index contributed by atoms with van der Waals surface area (Å²) in [6.45, 7) is 13.9. The van der Waals surface area contributed by atoms with Crippen molar-refractivity contribution in [3.05, 3.63) is 121 Å². The van der Waals surface area contributed by atoms with Crippen LogP contribution in [-0.2, 0) is 21.7 Å². The molecule has 0 aromatic heterocycles. The molecule has 1 aliphatic carbocycles. The van der Waals surface area contributed by atoms with Crippen LogP contribution in [0.3, 0.4) is 0 Å². The Morgan fingerprint density at radius 1 is 0.576 bits per heavy atom. The Hall–Kier alpha value is -1.26. The van der Waals surface area contributed by atoms with Crippen molar-refractivity contribution in [2.24, 2.45) is 4.41 Å². The number of hydrogen-bond acceptors (Lipinski definition) is 1. The summed E-state index contributed by atoms with van der Waals surface area (Å²) in [6, 6.07) is 21.5. The summed E-state index contributed by atoms with van der Waals surface area (Å²) in [4.78, 5) is 0. The van der Waals surface area contributed by atoms with Crippen LogP contribution in [0.5, 0.6) is 0 Å². The Morgan fingerprint density at radius 2 is 0.879 bits per heavy atom. The van der Waals surface area contributed by atoms with Gasteiger partial charge in [0.05, 0.1) is 0 Å². The topological polar surface area (TPSA) is 26.5 Å². The Bertz CT molecular complexity index is 885. The van der Waals surface area contributed by atoms with E-state index in [4.69, 9.17) is 9.16 Å². The van der Waals surface area contributed by atoms with Gasteiger partial charge < -0.3 is 16.6 Å². The van der Waals surface area contributed by atoms with Crippen LogP contribution in [-0.4, -0.2) is 16.5 Å². The second-order valence-electron chi connectivity index (χ2n) is 9.35. The molecule has 2 aromatic rings. The van der Waals surface area contributed by atoms with Crippen molar-refractivity contribution >= 4 is 34.3 Å². The quantitative estimate of drug-likeness (QED) is 0.212. The molecule has 0 saturated carbocycles. The molecule has 0 radical (unpaired) electrons. The summed E-state index contributed by atoms with van der Waals surface area (Å²) < 4.78 is 11.0. The zero-order valence-corrected chi connectivity index (χ0v) is 25.7. The molecule has 0 bridgehead atoms. The number of rotatable bonds is 5. The van der Waals surface area contributed by atoms with Gasteiger partial charge in [-0.3, -0.25) is 0 Å². The molecule has 176 valence electrons. The zero-order valence-electron chi connectivity index (χ0n) is 21.2. The van der Waals surface area contributed by atoms with Crippen molar-refractivity contribution in [2.45, 2.75) is 39.3 Å². The van der Waals surface area contributed by atoms with Crippen molar-refractivity contribution in [3.8, 4) is 0 Å². The van der Waals surface area contributed by atoms with Gasteiger partial charge in [-0.1, -0.05) is 164 Å². The van der Waals surface area contributed by atoms with Gasteiger partial charge in [-0.25, -0.2) is 0 Å². The normalized spacial score (nSPS) is 12.9. The average Bonchev–Trinajstić information content (AvgIpc) is 2.67. The van der Waals surface area contributed by atoms with Gasteiger partial charge in [0.1, 0.15) is 0 Å². The van der Waals surface area contributed by atoms with E-state index in [0.717, 1.165) is 0 Å². The van der Waals surface area contributed by atoms with Gasteiger partial charge in [0.25, 0.3) is 0 Å². The van der Waals surface area contributed by atoms with Crippen LogP contribution in [0.25, 0.3) is 4.75 Å². The van der Waals surface area contributed by atoms with Crippen LogP contribution in [0.2, 0.25) is 39.3 Å². The third-order valence-corrected chi connectivity index (χ3v) is 13.2. The minimum absolute atomic E-state index is 0. The van der Waals surface area contributed by atoms with Gasteiger partial charge in [-0.2, -0.15) is 0 Å². The Labute approximate surface area is 220 Å². The zero-order chi connectivity index (χ0) is 22.8. The molecule has 0 unspecified atom stereocenters. The van der Waals surface area contributed by atoms with E-state index in [1.165, 1.54) is 10.6 Å². The monoisotopic (exact) mass is 526 g/mol. The van der Waals surface area contributed by atoms with Gasteiger partial charge >= 0.3 is 0 Å². The summed E-state index contributed by atoms with van der Waals surface area (Å²) in [5, 5.41) is 2.58. The van der Waals surface area contributed by atoms with Crippen LogP contribution in [0, 0.1) is 7.43 Å². The maximum Gasteiger partial charge on any atom is 0.168 e. The molecule has 0 spiro atoms. The Morgan fingerprint density at radius 3 is 1.12 bits per heavy atom. The van der Waals surface area contributed by atoms with Crippen LogP contribution >= 0.6 is 7.21 Å². The van der Waals surface area contributed by atoms with E-state index >= 15 is 0 Å². The first-order chi connectivity index (χ1) is 14.6. The number of benzene rings is 2. The molecule has 0 N–H and O–H groups in total. The van der Waals surface area contributed by atoms with E-state index in [9.17, 15) is 0 Å². The van der Waals surface area contributed by atoms with Crippen molar-refractivity contribution in [1.29, 1.82) is 0 Å². The smallest absolute Gasteiger partial charge is 0.168 e. The largest absolute Gasteiger partial charge is 0.617 e. The van der Waals surface area contributed by atoms with Crippen molar-refractivity contribution < 1.29 is 21.7 Å². The van der Waals surface area contributed by atoms with Crippen LogP contribution in [0.4, 0.5) is 0 Å². The summed E-state index contributed by atoms with van der Waals surface area (Å²) in [5.74, 6) is 0. The molecule has 0 aliphatic heterocycles. The van der Waals surface area contributed by atoms with Crippen molar-refractivity contribution in [2.75, 3.05) is 0 Å². The predicted octanol–water partition coefficient (Wildman–Crippen LogP) is 8.47. The number of allylic oxidation sites excluding steroid dienone is 8. The fourth-order valence-corrected chi connectivity index (χ4v) is 13.9. The van der Waals surface area contributed by atoms with Crippen LogP contribution in [0.15, 0.2) is 114 Å². The summed E-state index contributed by atoms with van der Waals surface area (Å²) in [7, 11) is -5.38. The van der Waals surface area contributed by atoms with E-state index in [-0.39, 0.29) is 29.1 Å². The van der Waals surface area contributed by atoms with Gasteiger partial charge in [0, 0.05) is 21.7 Å². The summed E-state index contributed by atoms with van der Waals surface area (Å²) >= 11 is 0. The third-order valence-electron chi connectivity index (χ3n) is 4.01. The fourth-order valence-electron chi connectivity index (χ4n) is 3.06. The minimum atomic E-state index is -2.07. The molecule has 2 aromatic carbocycles. The van der Waals surface area contributed by atoms with Gasteiger partial charge in [0.2, 0.25) is 0 Å². The first kappa shape index (κ1) is 31.7. The Kier molecular flexibility index (Phi) is 14.3. The minimum Gasteiger partial charge on any atom is -0.617 e. The maximum absolute atomic E-state index is 5.48. The number of nitrogens with zero attached hydrogens (tertiary/aromatic N) is 2. The van der Waals surface area contributed by atoms with Gasteiger partial charge in [-0.05, 0) is 10.6 Å². The average molecular weight is 527 g/mol. The molecule has 6 heteroatoms. The molecule has 0 fully saturated rings. The SMILES string of the molecule is C1=CC=CC=CC=C1.C[Si](C)(C)N=P([N-][Si](C)(C)C)(c1ccccc1)c1ccccc1.[CH3-].[Ti]. The molecule has 0 heterocycles. The van der Waals surface area contributed by atoms with Crippen molar-refractivity contribution in [1.82, 2.24) is 0 Å². The molecule has 1 aliphatic rings. The second kappa shape index (κ2) is 14.9. The molecular weight excluding hydrogens is 487 g/mol. The second-order valence-corrected chi connectivity index (χ2v) is 21.9. The van der Waals surface area contributed by atoms with E-state index < -0.39 is 23.7 Å². The predicted molar refractivity (Wildman–Crippen MR) is 155 cm³/mol. The summed E-state index contributed by atoms with van der Waals surface area (Å²) in [5.41, 5.74) is 0. The molecule has 2 nitrogen and oxygen atoms in total. The fraction of sp³-hybridized carbons (Fsp3) is 0.222. The van der Waals surface area contributed by atoms with Crippen molar-refractivity contribution in [3.63, 3.8) is 0 Å². The van der Waals surface area contributed by atoms with Crippen LogP contribution in [0.1, 0.15) is 0 Å². The Balaban J connectivity index is 0.000000870. The first-order valence-electron chi connectivity index (χ1n) is 10.8. The van der Waals surface area contributed by atoms with E-state index in [0.29, 0.717) is 0 Å². The van der Waals surface area contributed by atoms with Gasteiger partial charge in [-0.15, -0.1) is 0 Å². The van der Waals surface area contributed by atoms with E-state index in [1.54, 1.807) is 0 Å². The molecule has 3 rings (SSSR count).